The van der Waals surface area contributed by atoms with Crippen LogP contribution in [-0.2, 0) is 20.8 Å². The minimum absolute atomic E-state index is 0.0199. The van der Waals surface area contributed by atoms with E-state index in [0.717, 1.165) is 17.4 Å². The summed E-state index contributed by atoms with van der Waals surface area (Å²) < 4.78 is 36.7. The predicted molar refractivity (Wildman–Crippen MR) is 74.6 cm³/mol. The standard InChI is InChI=1S/C8H13N3O5S3/c1-9-8-6(11(12)13)5-7(17-8)19(15,16)10-3-4-18(2)14/h5,9-10H,3-4H2,1-2H3. The molecular weight excluding hydrogens is 314 g/mol. The zero-order chi connectivity index (χ0) is 14.6. The molecule has 19 heavy (non-hydrogen) atoms. The van der Waals surface area contributed by atoms with Crippen molar-refractivity contribution in [3.63, 3.8) is 0 Å². The number of rotatable bonds is 7. The Morgan fingerprint density at radius 1 is 1.53 bits per heavy atom. The lowest BCUT2D eigenvalue weighted by Gasteiger charge is -2.02. The molecule has 0 radical (unpaired) electrons. The van der Waals surface area contributed by atoms with Crippen LogP contribution in [0.1, 0.15) is 0 Å². The predicted octanol–water partition coefficient (Wildman–Crippen LogP) is 0.355. The van der Waals surface area contributed by atoms with E-state index in [2.05, 4.69) is 10.0 Å². The highest BCUT2D eigenvalue weighted by atomic mass is 32.2. The number of sulfonamides is 1. The van der Waals surface area contributed by atoms with Gasteiger partial charge < -0.3 is 5.32 Å². The second-order valence-electron chi connectivity index (χ2n) is 3.46. The highest BCUT2D eigenvalue weighted by Gasteiger charge is 2.25. The molecular formula is C8H13N3O5S3. The Morgan fingerprint density at radius 2 is 2.16 bits per heavy atom. The highest BCUT2D eigenvalue weighted by molar-refractivity contribution is 7.91. The molecule has 0 aliphatic rings. The summed E-state index contributed by atoms with van der Waals surface area (Å²) >= 11 is 0.775. The third-order valence-electron chi connectivity index (χ3n) is 2.06. The number of anilines is 1. The molecule has 0 bridgehead atoms. The summed E-state index contributed by atoms with van der Waals surface area (Å²) in [6, 6.07) is 1.00. The zero-order valence-electron chi connectivity index (χ0n) is 10.2. The number of nitrogens with zero attached hydrogens (tertiary/aromatic N) is 1. The first-order valence-corrected chi connectivity index (χ1v) is 9.06. The van der Waals surface area contributed by atoms with E-state index in [9.17, 15) is 22.7 Å². The molecule has 1 heterocycles. The van der Waals surface area contributed by atoms with Crippen LogP contribution >= 0.6 is 11.3 Å². The van der Waals surface area contributed by atoms with Crippen molar-refractivity contribution >= 4 is 42.8 Å². The van der Waals surface area contributed by atoms with E-state index in [1.54, 1.807) is 0 Å². The molecule has 0 fully saturated rings. The van der Waals surface area contributed by atoms with Gasteiger partial charge in [0.1, 0.15) is 4.21 Å². The van der Waals surface area contributed by atoms with E-state index in [0.29, 0.717) is 0 Å². The van der Waals surface area contributed by atoms with Gasteiger partial charge in [-0.15, -0.1) is 0 Å². The summed E-state index contributed by atoms with van der Waals surface area (Å²) in [5, 5.41) is 13.5. The minimum Gasteiger partial charge on any atom is -0.374 e. The van der Waals surface area contributed by atoms with E-state index < -0.39 is 25.7 Å². The number of nitrogens with one attached hydrogen (secondary N) is 2. The van der Waals surface area contributed by atoms with Crippen LogP contribution in [0, 0.1) is 10.1 Å². The van der Waals surface area contributed by atoms with Crippen molar-refractivity contribution in [1.82, 2.24) is 4.72 Å². The monoisotopic (exact) mass is 327 g/mol. The van der Waals surface area contributed by atoms with Gasteiger partial charge in [0, 0.05) is 42.5 Å². The molecule has 1 atom stereocenters. The fraction of sp³-hybridized carbons (Fsp3) is 0.500. The van der Waals surface area contributed by atoms with Crippen molar-refractivity contribution < 1.29 is 17.6 Å². The Balaban J connectivity index is 2.95. The van der Waals surface area contributed by atoms with E-state index in [4.69, 9.17) is 0 Å². The Bertz CT molecular complexity index is 595. The zero-order valence-corrected chi connectivity index (χ0v) is 12.7. The van der Waals surface area contributed by atoms with Crippen LogP contribution < -0.4 is 10.0 Å². The SMILES string of the molecule is CNc1sc(S(=O)(=O)NCCS(C)=O)cc1[N+](=O)[O-]. The van der Waals surface area contributed by atoms with Gasteiger partial charge >= 0.3 is 5.69 Å². The molecule has 11 heteroatoms. The maximum Gasteiger partial charge on any atom is 0.304 e. The molecule has 0 spiro atoms. The third-order valence-corrected chi connectivity index (χ3v) is 5.92. The largest absolute Gasteiger partial charge is 0.374 e. The Kier molecular flexibility index (Phi) is 5.40. The topological polar surface area (TPSA) is 118 Å². The first-order chi connectivity index (χ1) is 8.77. The first-order valence-electron chi connectivity index (χ1n) is 5.03. The van der Waals surface area contributed by atoms with Gasteiger partial charge in [-0.05, 0) is 0 Å². The average Bonchev–Trinajstić information content (AvgIpc) is 2.72. The molecule has 0 aliphatic heterocycles. The van der Waals surface area contributed by atoms with Crippen LogP contribution in [-0.4, -0.2) is 43.2 Å². The lowest BCUT2D eigenvalue weighted by molar-refractivity contribution is -0.383. The quantitative estimate of drug-likeness (QED) is 0.551. The number of hydrogen-bond acceptors (Lipinski definition) is 7. The average molecular weight is 327 g/mol. The molecule has 2 N–H and O–H groups in total. The smallest absolute Gasteiger partial charge is 0.304 e. The molecule has 0 amide bonds. The van der Waals surface area contributed by atoms with Gasteiger partial charge in [0.25, 0.3) is 0 Å². The second kappa shape index (κ2) is 6.41. The lowest BCUT2D eigenvalue weighted by Crippen LogP contribution is -2.27. The molecule has 0 aliphatic carbocycles. The van der Waals surface area contributed by atoms with E-state index in [-0.39, 0.29) is 27.2 Å². The van der Waals surface area contributed by atoms with Crippen molar-refractivity contribution in [3.8, 4) is 0 Å². The summed E-state index contributed by atoms with van der Waals surface area (Å²) in [7, 11) is -3.45. The van der Waals surface area contributed by atoms with Gasteiger partial charge in [0.05, 0.1) is 4.92 Å². The van der Waals surface area contributed by atoms with E-state index in [1.807, 2.05) is 0 Å². The molecule has 0 saturated heterocycles. The summed E-state index contributed by atoms with van der Waals surface area (Å²) in [6.07, 6.45) is 1.46. The van der Waals surface area contributed by atoms with Crippen LogP contribution in [0.3, 0.4) is 0 Å². The van der Waals surface area contributed by atoms with Crippen LogP contribution in [0.15, 0.2) is 10.3 Å². The Labute approximate surface area is 116 Å². The van der Waals surface area contributed by atoms with Crippen LogP contribution in [0.25, 0.3) is 0 Å². The fourth-order valence-electron chi connectivity index (χ4n) is 1.20. The van der Waals surface area contributed by atoms with E-state index in [1.165, 1.54) is 13.3 Å². The van der Waals surface area contributed by atoms with Gasteiger partial charge in [-0.2, -0.15) is 0 Å². The molecule has 1 rings (SSSR count). The van der Waals surface area contributed by atoms with Crippen molar-refractivity contribution in [1.29, 1.82) is 0 Å². The van der Waals surface area contributed by atoms with Gasteiger partial charge in [0.15, 0.2) is 5.00 Å². The van der Waals surface area contributed by atoms with E-state index >= 15 is 0 Å². The van der Waals surface area contributed by atoms with Crippen molar-refractivity contribution in [3.05, 3.63) is 16.2 Å². The van der Waals surface area contributed by atoms with Crippen molar-refractivity contribution in [2.24, 2.45) is 0 Å². The molecule has 0 saturated carbocycles. The van der Waals surface area contributed by atoms with Crippen molar-refractivity contribution in [2.75, 3.05) is 30.9 Å². The van der Waals surface area contributed by atoms with Gasteiger partial charge in [-0.1, -0.05) is 11.3 Å². The summed E-state index contributed by atoms with van der Waals surface area (Å²) in [5.74, 6) is 0.186. The molecule has 0 aromatic carbocycles. The van der Waals surface area contributed by atoms with Crippen LogP contribution in [0.4, 0.5) is 10.7 Å². The van der Waals surface area contributed by atoms with Gasteiger partial charge in [-0.3, -0.25) is 14.3 Å². The van der Waals surface area contributed by atoms with Crippen LogP contribution in [0.2, 0.25) is 0 Å². The highest BCUT2D eigenvalue weighted by Crippen LogP contribution is 2.36. The Hall–Kier alpha value is -1.04. The first kappa shape index (κ1) is 16.0. The maximum atomic E-state index is 11.9. The fourth-order valence-corrected chi connectivity index (χ4v) is 4.07. The molecule has 1 unspecified atom stereocenters. The summed E-state index contributed by atoms with van der Waals surface area (Å²) in [5.41, 5.74) is -0.285. The normalized spacial score (nSPS) is 13.2. The van der Waals surface area contributed by atoms with Gasteiger partial charge in [-0.25, -0.2) is 13.1 Å². The molecule has 1 aromatic rings. The number of hydrogen-bond donors (Lipinski definition) is 2. The maximum absolute atomic E-state index is 11.9. The molecule has 1 aromatic heterocycles. The van der Waals surface area contributed by atoms with Crippen LogP contribution in [0.5, 0.6) is 0 Å². The number of thiophene rings is 1. The Morgan fingerprint density at radius 3 is 2.58 bits per heavy atom. The molecule has 108 valence electrons. The van der Waals surface area contributed by atoms with Gasteiger partial charge in [0.2, 0.25) is 10.0 Å². The lowest BCUT2D eigenvalue weighted by atomic mass is 10.5. The molecule has 8 nitrogen and oxygen atoms in total. The third kappa shape index (κ3) is 4.23. The second-order valence-corrected chi connectivity index (χ2v) is 8.06. The minimum atomic E-state index is -3.81. The summed E-state index contributed by atoms with van der Waals surface area (Å²) in [6.45, 7) is 0.0199. The number of nitro groups is 1. The van der Waals surface area contributed by atoms with Crippen molar-refractivity contribution in [2.45, 2.75) is 4.21 Å². The summed E-state index contributed by atoms with van der Waals surface area (Å²) in [4.78, 5) is 10.1.